The summed E-state index contributed by atoms with van der Waals surface area (Å²) in [6.07, 6.45) is 0. The molecule has 1 heterocycles. The Labute approximate surface area is 117 Å². The van der Waals surface area contributed by atoms with E-state index < -0.39 is 0 Å². The molecular weight excluding hydrogens is 316 g/mol. The van der Waals surface area contributed by atoms with Gasteiger partial charge in [0.15, 0.2) is 0 Å². The van der Waals surface area contributed by atoms with Crippen molar-refractivity contribution in [2.24, 2.45) is 0 Å². The van der Waals surface area contributed by atoms with Gasteiger partial charge in [-0.05, 0) is 17.7 Å². The molecule has 0 amide bonds. The first-order valence-corrected chi connectivity index (χ1v) is 6.95. The smallest absolute Gasteiger partial charge is 0.308 e. The minimum Gasteiger partial charge on any atom is -0.308 e. The molecule has 94 valence electrons. The lowest BCUT2D eigenvalue weighted by atomic mass is 10.2. The molecule has 0 bridgehead atoms. The van der Waals surface area contributed by atoms with Crippen molar-refractivity contribution in [2.45, 2.75) is 13.1 Å². The number of hydrogen-bond acceptors (Lipinski definition) is 4. The van der Waals surface area contributed by atoms with Crippen molar-refractivity contribution in [3.8, 4) is 0 Å². The summed E-state index contributed by atoms with van der Waals surface area (Å²) in [6.45, 7) is 1.37. The fraction of sp³-hybridized carbons (Fsp3) is 0.167. The molecule has 1 N–H and O–H groups in total. The Balaban J connectivity index is 1.88. The second-order valence-electron chi connectivity index (χ2n) is 3.69. The summed E-state index contributed by atoms with van der Waals surface area (Å²) in [5, 5.41) is 14.0. The molecule has 2 aromatic rings. The van der Waals surface area contributed by atoms with E-state index in [1.54, 1.807) is 12.1 Å². The highest BCUT2D eigenvalue weighted by molar-refractivity contribution is 9.10. The fourth-order valence-corrected chi connectivity index (χ4v) is 2.74. The average molecular weight is 327 g/mol. The maximum atomic E-state index is 10.5. The molecule has 0 unspecified atom stereocenters. The third-order valence-electron chi connectivity index (χ3n) is 2.40. The monoisotopic (exact) mass is 326 g/mol. The number of benzene rings is 1. The number of nitrogens with zero attached hydrogens (tertiary/aromatic N) is 1. The van der Waals surface area contributed by atoms with Gasteiger partial charge >= 0.3 is 5.00 Å². The van der Waals surface area contributed by atoms with E-state index in [1.807, 2.05) is 24.3 Å². The van der Waals surface area contributed by atoms with E-state index in [2.05, 4.69) is 21.2 Å². The van der Waals surface area contributed by atoms with Crippen LogP contribution in [0.2, 0.25) is 0 Å². The van der Waals surface area contributed by atoms with Crippen molar-refractivity contribution in [3.63, 3.8) is 0 Å². The van der Waals surface area contributed by atoms with Gasteiger partial charge in [0.2, 0.25) is 0 Å². The molecule has 0 aliphatic carbocycles. The van der Waals surface area contributed by atoms with Crippen LogP contribution in [0.4, 0.5) is 5.00 Å². The normalized spacial score (nSPS) is 10.5. The topological polar surface area (TPSA) is 55.2 Å². The Bertz CT molecular complexity index is 557. The molecule has 0 spiro atoms. The van der Waals surface area contributed by atoms with Crippen LogP contribution in [-0.2, 0) is 13.1 Å². The van der Waals surface area contributed by atoms with Gasteiger partial charge in [0.25, 0.3) is 0 Å². The Morgan fingerprint density at radius 3 is 2.67 bits per heavy atom. The number of nitro groups is 1. The van der Waals surface area contributed by atoms with Crippen LogP contribution in [-0.4, -0.2) is 4.92 Å². The van der Waals surface area contributed by atoms with E-state index in [0.29, 0.717) is 6.54 Å². The molecule has 6 heteroatoms. The van der Waals surface area contributed by atoms with E-state index in [1.165, 1.54) is 16.9 Å². The lowest BCUT2D eigenvalue weighted by Crippen LogP contribution is -2.11. The summed E-state index contributed by atoms with van der Waals surface area (Å²) in [5.74, 6) is 0. The summed E-state index contributed by atoms with van der Waals surface area (Å²) in [5.41, 5.74) is 1.17. The van der Waals surface area contributed by atoms with Crippen LogP contribution in [0.15, 0.2) is 40.9 Å². The predicted molar refractivity (Wildman–Crippen MR) is 75.7 cm³/mol. The summed E-state index contributed by atoms with van der Waals surface area (Å²) in [7, 11) is 0. The lowest BCUT2D eigenvalue weighted by molar-refractivity contribution is -0.380. The van der Waals surface area contributed by atoms with Crippen molar-refractivity contribution < 1.29 is 4.92 Å². The zero-order valence-electron chi connectivity index (χ0n) is 9.43. The third-order valence-corrected chi connectivity index (χ3v) is 4.21. The first kappa shape index (κ1) is 13.2. The molecule has 0 radical (unpaired) electrons. The molecule has 4 nitrogen and oxygen atoms in total. The van der Waals surface area contributed by atoms with Gasteiger partial charge in [-0.2, -0.15) is 0 Å². The largest absolute Gasteiger partial charge is 0.324 e. The first-order chi connectivity index (χ1) is 8.66. The first-order valence-electron chi connectivity index (χ1n) is 5.34. The zero-order valence-corrected chi connectivity index (χ0v) is 11.8. The van der Waals surface area contributed by atoms with Crippen LogP contribution >= 0.6 is 27.3 Å². The van der Waals surface area contributed by atoms with Crippen molar-refractivity contribution in [3.05, 3.63) is 61.4 Å². The molecule has 0 fully saturated rings. The fourth-order valence-electron chi connectivity index (χ4n) is 1.52. The van der Waals surface area contributed by atoms with Crippen LogP contribution in [0.5, 0.6) is 0 Å². The lowest BCUT2D eigenvalue weighted by Gasteiger charge is -2.05. The van der Waals surface area contributed by atoms with Gasteiger partial charge in [-0.1, -0.05) is 45.5 Å². The molecule has 0 aliphatic rings. The van der Waals surface area contributed by atoms with Gasteiger partial charge in [0, 0.05) is 28.5 Å². The van der Waals surface area contributed by atoms with E-state index in [9.17, 15) is 10.1 Å². The minimum absolute atomic E-state index is 0.188. The maximum Gasteiger partial charge on any atom is 0.324 e. The SMILES string of the molecule is O=[N+]([O-])c1ccc(CNCc2ccccc2Br)s1. The van der Waals surface area contributed by atoms with E-state index in [-0.39, 0.29) is 9.92 Å². The van der Waals surface area contributed by atoms with Crippen LogP contribution in [0.1, 0.15) is 10.4 Å². The molecular formula is C12H11BrN2O2S. The third kappa shape index (κ3) is 3.38. The highest BCUT2D eigenvalue weighted by atomic mass is 79.9. The van der Waals surface area contributed by atoms with Crippen molar-refractivity contribution >= 4 is 32.3 Å². The van der Waals surface area contributed by atoms with E-state index >= 15 is 0 Å². The number of nitrogens with one attached hydrogen (secondary N) is 1. The molecule has 1 aromatic carbocycles. The van der Waals surface area contributed by atoms with Crippen molar-refractivity contribution in [2.75, 3.05) is 0 Å². The average Bonchev–Trinajstić information content (AvgIpc) is 2.80. The summed E-state index contributed by atoms with van der Waals surface area (Å²) < 4.78 is 1.06. The second kappa shape index (κ2) is 6.08. The Morgan fingerprint density at radius 2 is 2.00 bits per heavy atom. The Hall–Kier alpha value is -1.24. The standard InChI is InChI=1S/C12H11BrN2O2S/c13-11-4-2-1-3-9(11)7-14-8-10-5-6-12(18-10)15(16)17/h1-6,14H,7-8H2. The van der Waals surface area contributed by atoms with Gasteiger partial charge in [0.1, 0.15) is 0 Å². The molecule has 0 atom stereocenters. The Morgan fingerprint density at radius 1 is 1.22 bits per heavy atom. The quantitative estimate of drug-likeness (QED) is 0.673. The van der Waals surface area contributed by atoms with Gasteiger partial charge in [-0.15, -0.1) is 0 Å². The van der Waals surface area contributed by atoms with E-state index in [0.717, 1.165) is 15.9 Å². The Kier molecular flexibility index (Phi) is 4.46. The van der Waals surface area contributed by atoms with Gasteiger partial charge in [-0.25, -0.2) is 0 Å². The number of hydrogen-bond donors (Lipinski definition) is 1. The van der Waals surface area contributed by atoms with Crippen LogP contribution in [0.25, 0.3) is 0 Å². The molecule has 2 rings (SSSR count). The number of thiophene rings is 1. The summed E-state index contributed by atoms with van der Waals surface area (Å²) in [4.78, 5) is 11.2. The molecule has 0 saturated carbocycles. The summed E-state index contributed by atoms with van der Waals surface area (Å²) >= 11 is 4.69. The maximum absolute atomic E-state index is 10.5. The summed E-state index contributed by atoms with van der Waals surface area (Å²) in [6, 6.07) is 11.3. The molecule has 1 aromatic heterocycles. The van der Waals surface area contributed by atoms with Crippen LogP contribution < -0.4 is 5.32 Å². The number of halogens is 1. The van der Waals surface area contributed by atoms with Gasteiger partial charge in [0.05, 0.1) is 4.92 Å². The van der Waals surface area contributed by atoms with Crippen LogP contribution in [0.3, 0.4) is 0 Å². The highest BCUT2D eigenvalue weighted by Gasteiger charge is 2.09. The second-order valence-corrected chi connectivity index (χ2v) is 5.69. The van der Waals surface area contributed by atoms with E-state index in [4.69, 9.17) is 0 Å². The predicted octanol–water partition coefficient (Wildman–Crippen LogP) is 3.71. The van der Waals surface area contributed by atoms with Crippen molar-refractivity contribution in [1.82, 2.24) is 5.32 Å². The van der Waals surface area contributed by atoms with Gasteiger partial charge < -0.3 is 5.32 Å². The minimum atomic E-state index is -0.359. The molecule has 0 aliphatic heterocycles. The molecule has 0 saturated heterocycles. The highest BCUT2D eigenvalue weighted by Crippen LogP contribution is 2.23. The van der Waals surface area contributed by atoms with Crippen molar-refractivity contribution in [1.29, 1.82) is 0 Å². The number of rotatable bonds is 5. The van der Waals surface area contributed by atoms with Gasteiger partial charge in [-0.3, -0.25) is 10.1 Å². The van der Waals surface area contributed by atoms with Crippen LogP contribution in [0, 0.1) is 10.1 Å². The zero-order chi connectivity index (χ0) is 13.0. The molecule has 18 heavy (non-hydrogen) atoms.